The SMILES string of the molecule is Cc1[nH]c2ccccc2c1C(=O)COC(=O)c1cnccn1. The van der Waals surface area contributed by atoms with Gasteiger partial charge in [-0.1, -0.05) is 18.2 Å². The second-order valence-corrected chi connectivity index (χ2v) is 4.76. The maximum atomic E-state index is 12.3. The third-order valence-electron chi connectivity index (χ3n) is 3.28. The number of Topliss-reactive ketones (excluding diaryl/α,β-unsaturated/α-hetero) is 1. The Balaban J connectivity index is 1.77. The van der Waals surface area contributed by atoms with E-state index in [0.29, 0.717) is 5.56 Å². The van der Waals surface area contributed by atoms with Gasteiger partial charge >= 0.3 is 5.97 Å². The van der Waals surface area contributed by atoms with Gasteiger partial charge < -0.3 is 9.72 Å². The van der Waals surface area contributed by atoms with Gasteiger partial charge in [0.15, 0.2) is 12.3 Å². The average Bonchev–Trinajstić information content (AvgIpc) is 2.89. The minimum atomic E-state index is -0.668. The molecule has 2 aromatic heterocycles. The Labute approximate surface area is 126 Å². The number of ketones is 1. The fraction of sp³-hybridized carbons (Fsp3) is 0.125. The zero-order chi connectivity index (χ0) is 15.5. The molecule has 0 bridgehead atoms. The molecule has 0 aliphatic heterocycles. The van der Waals surface area contributed by atoms with E-state index in [0.717, 1.165) is 16.6 Å². The second kappa shape index (κ2) is 5.77. The lowest BCUT2D eigenvalue weighted by Gasteiger charge is -2.04. The molecular formula is C16H13N3O3. The number of hydrogen-bond acceptors (Lipinski definition) is 5. The predicted octanol–water partition coefficient (Wildman–Crippen LogP) is 2.31. The number of fused-ring (bicyclic) bond motifs is 1. The van der Waals surface area contributed by atoms with Crippen LogP contribution in [-0.2, 0) is 4.74 Å². The summed E-state index contributed by atoms with van der Waals surface area (Å²) in [6, 6.07) is 7.50. The minimum Gasteiger partial charge on any atom is -0.453 e. The summed E-state index contributed by atoms with van der Waals surface area (Å²) >= 11 is 0. The number of ether oxygens (including phenoxy) is 1. The van der Waals surface area contributed by atoms with Crippen LogP contribution in [0.3, 0.4) is 0 Å². The van der Waals surface area contributed by atoms with Gasteiger partial charge in [0.1, 0.15) is 0 Å². The molecule has 0 spiro atoms. The van der Waals surface area contributed by atoms with Crippen LogP contribution in [0.2, 0.25) is 0 Å². The van der Waals surface area contributed by atoms with Crippen molar-refractivity contribution in [3.8, 4) is 0 Å². The summed E-state index contributed by atoms with van der Waals surface area (Å²) in [7, 11) is 0. The molecule has 2 heterocycles. The molecule has 22 heavy (non-hydrogen) atoms. The first kappa shape index (κ1) is 13.9. The number of nitrogens with zero attached hydrogens (tertiary/aromatic N) is 2. The molecule has 0 fully saturated rings. The highest BCUT2D eigenvalue weighted by Crippen LogP contribution is 2.22. The quantitative estimate of drug-likeness (QED) is 0.589. The van der Waals surface area contributed by atoms with Crippen LogP contribution in [0, 0.1) is 6.92 Å². The Morgan fingerprint density at radius 2 is 2.05 bits per heavy atom. The van der Waals surface area contributed by atoms with E-state index in [4.69, 9.17) is 4.74 Å². The van der Waals surface area contributed by atoms with Crippen LogP contribution in [0.5, 0.6) is 0 Å². The lowest BCUT2D eigenvalue weighted by atomic mass is 10.1. The average molecular weight is 295 g/mol. The topological polar surface area (TPSA) is 84.9 Å². The Morgan fingerprint density at radius 3 is 2.82 bits per heavy atom. The third kappa shape index (κ3) is 2.58. The van der Waals surface area contributed by atoms with Crippen molar-refractivity contribution in [2.45, 2.75) is 6.92 Å². The number of benzene rings is 1. The standard InChI is InChI=1S/C16H13N3O3/c1-10-15(11-4-2-3-5-12(11)19-10)14(20)9-22-16(21)13-8-17-6-7-18-13/h2-8,19H,9H2,1H3. The summed E-state index contributed by atoms with van der Waals surface area (Å²) in [5.74, 6) is -0.925. The van der Waals surface area contributed by atoms with Crippen LogP contribution in [0.25, 0.3) is 10.9 Å². The number of hydrogen-bond donors (Lipinski definition) is 1. The Bertz CT molecular complexity index is 840. The molecule has 6 heteroatoms. The van der Waals surface area contributed by atoms with E-state index in [9.17, 15) is 9.59 Å². The molecule has 0 amide bonds. The Morgan fingerprint density at radius 1 is 1.23 bits per heavy atom. The number of rotatable bonds is 4. The molecule has 110 valence electrons. The monoisotopic (exact) mass is 295 g/mol. The Kier molecular flexibility index (Phi) is 3.65. The molecule has 0 saturated heterocycles. The molecule has 0 aliphatic carbocycles. The molecule has 3 aromatic rings. The van der Waals surface area contributed by atoms with Crippen LogP contribution < -0.4 is 0 Å². The van der Waals surface area contributed by atoms with E-state index in [-0.39, 0.29) is 18.1 Å². The van der Waals surface area contributed by atoms with Gasteiger partial charge in [0.2, 0.25) is 5.78 Å². The van der Waals surface area contributed by atoms with Crippen LogP contribution in [0.4, 0.5) is 0 Å². The zero-order valence-corrected chi connectivity index (χ0v) is 11.9. The molecule has 0 radical (unpaired) electrons. The summed E-state index contributed by atoms with van der Waals surface area (Å²) < 4.78 is 5.01. The van der Waals surface area contributed by atoms with E-state index in [1.165, 1.54) is 18.6 Å². The van der Waals surface area contributed by atoms with Gasteiger partial charge in [-0.05, 0) is 13.0 Å². The van der Waals surface area contributed by atoms with Crippen LogP contribution in [0.1, 0.15) is 26.5 Å². The molecule has 3 rings (SSSR count). The normalized spacial score (nSPS) is 10.6. The first-order chi connectivity index (χ1) is 10.7. The summed E-state index contributed by atoms with van der Waals surface area (Å²) in [4.78, 5) is 34.9. The van der Waals surface area contributed by atoms with Crippen molar-refractivity contribution in [3.05, 3.63) is 59.8 Å². The highest BCUT2D eigenvalue weighted by Gasteiger charge is 2.18. The highest BCUT2D eigenvalue weighted by atomic mass is 16.5. The van der Waals surface area contributed by atoms with Crippen molar-refractivity contribution in [2.75, 3.05) is 6.61 Å². The molecule has 0 saturated carbocycles. The van der Waals surface area contributed by atoms with Gasteiger partial charge in [0.25, 0.3) is 0 Å². The molecule has 1 aromatic carbocycles. The van der Waals surface area contributed by atoms with Crippen LogP contribution in [0.15, 0.2) is 42.9 Å². The van der Waals surface area contributed by atoms with Crippen molar-refractivity contribution in [2.24, 2.45) is 0 Å². The summed E-state index contributed by atoms with van der Waals surface area (Å²) in [6.07, 6.45) is 4.14. The maximum Gasteiger partial charge on any atom is 0.358 e. The Hall–Kier alpha value is -3.02. The fourth-order valence-electron chi connectivity index (χ4n) is 2.32. The molecular weight excluding hydrogens is 282 g/mol. The number of H-pyrrole nitrogens is 1. The first-order valence-corrected chi connectivity index (χ1v) is 6.70. The van der Waals surface area contributed by atoms with Gasteiger partial charge in [0, 0.05) is 34.6 Å². The van der Waals surface area contributed by atoms with Crippen molar-refractivity contribution in [3.63, 3.8) is 0 Å². The number of aryl methyl sites for hydroxylation is 1. The van der Waals surface area contributed by atoms with Crippen LogP contribution >= 0.6 is 0 Å². The van der Waals surface area contributed by atoms with E-state index in [2.05, 4.69) is 15.0 Å². The highest BCUT2D eigenvalue weighted by molar-refractivity contribution is 6.10. The number of aromatic nitrogens is 3. The van der Waals surface area contributed by atoms with Crippen LogP contribution in [-0.4, -0.2) is 33.3 Å². The van der Waals surface area contributed by atoms with Gasteiger partial charge in [-0.2, -0.15) is 0 Å². The summed E-state index contributed by atoms with van der Waals surface area (Å²) in [5, 5.41) is 0.820. The largest absolute Gasteiger partial charge is 0.453 e. The van der Waals surface area contributed by atoms with E-state index < -0.39 is 5.97 Å². The van der Waals surface area contributed by atoms with Crippen molar-refractivity contribution >= 4 is 22.7 Å². The van der Waals surface area contributed by atoms with Crippen molar-refractivity contribution in [1.82, 2.24) is 15.0 Å². The lowest BCUT2D eigenvalue weighted by molar-refractivity contribution is 0.0468. The summed E-state index contributed by atoms with van der Waals surface area (Å²) in [5.41, 5.74) is 2.25. The van der Waals surface area contributed by atoms with E-state index in [1.54, 1.807) is 0 Å². The molecule has 0 atom stereocenters. The van der Waals surface area contributed by atoms with Crippen molar-refractivity contribution < 1.29 is 14.3 Å². The number of para-hydroxylation sites is 1. The minimum absolute atomic E-state index is 0.0750. The van der Waals surface area contributed by atoms with E-state index in [1.807, 2.05) is 31.2 Å². The van der Waals surface area contributed by atoms with Gasteiger partial charge in [0.05, 0.1) is 6.20 Å². The van der Waals surface area contributed by atoms with Gasteiger partial charge in [-0.15, -0.1) is 0 Å². The predicted molar refractivity (Wildman–Crippen MR) is 79.7 cm³/mol. The number of aromatic amines is 1. The van der Waals surface area contributed by atoms with E-state index >= 15 is 0 Å². The summed E-state index contributed by atoms with van der Waals surface area (Å²) in [6.45, 7) is 1.48. The maximum absolute atomic E-state index is 12.3. The lowest BCUT2D eigenvalue weighted by Crippen LogP contribution is -2.15. The van der Waals surface area contributed by atoms with Gasteiger partial charge in [-0.25, -0.2) is 9.78 Å². The number of carbonyl (C=O) groups is 2. The molecule has 1 N–H and O–H groups in total. The zero-order valence-electron chi connectivity index (χ0n) is 11.9. The van der Waals surface area contributed by atoms with Crippen molar-refractivity contribution in [1.29, 1.82) is 0 Å². The number of carbonyl (C=O) groups excluding carboxylic acids is 2. The smallest absolute Gasteiger partial charge is 0.358 e. The molecule has 0 aliphatic rings. The second-order valence-electron chi connectivity index (χ2n) is 4.76. The third-order valence-corrected chi connectivity index (χ3v) is 3.28. The molecule has 6 nitrogen and oxygen atoms in total. The molecule has 0 unspecified atom stereocenters. The number of esters is 1. The fourth-order valence-corrected chi connectivity index (χ4v) is 2.32. The number of nitrogens with one attached hydrogen (secondary N) is 1. The van der Waals surface area contributed by atoms with Gasteiger partial charge in [-0.3, -0.25) is 9.78 Å². The first-order valence-electron chi connectivity index (χ1n) is 6.70.